The Morgan fingerprint density at radius 1 is 1.40 bits per heavy atom. The molecule has 0 spiro atoms. The van der Waals surface area contributed by atoms with Crippen LogP contribution in [0.2, 0.25) is 0 Å². The largest absolute Gasteiger partial charge is 0.215 e. The lowest BCUT2D eigenvalue weighted by molar-refractivity contribution is 0.283. The van der Waals surface area contributed by atoms with E-state index in [0.717, 1.165) is 18.8 Å². The first-order valence-corrected chi connectivity index (χ1v) is 7.75. The second-order valence-electron chi connectivity index (χ2n) is 4.49. The molecule has 2 unspecified atom stereocenters. The summed E-state index contributed by atoms with van der Waals surface area (Å²) in [5, 5.41) is 0. The molecular formula is C10H20ClNO2S. The number of nitrogens with one attached hydrogen (secondary N) is 1. The van der Waals surface area contributed by atoms with Crippen LogP contribution in [-0.4, -0.2) is 26.6 Å². The van der Waals surface area contributed by atoms with Crippen LogP contribution >= 0.6 is 11.6 Å². The first-order valence-electron chi connectivity index (χ1n) is 5.57. The zero-order chi connectivity index (χ0) is 11.3. The summed E-state index contributed by atoms with van der Waals surface area (Å²) in [5.74, 6) is 1.44. The molecule has 15 heavy (non-hydrogen) atoms. The van der Waals surface area contributed by atoms with E-state index in [1.807, 2.05) is 0 Å². The van der Waals surface area contributed by atoms with E-state index in [0.29, 0.717) is 12.5 Å². The van der Waals surface area contributed by atoms with Crippen molar-refractivity contribution in [2.45, 2.75) is 32.6 Å². The van der Waals surface area contributed by atoms with Gasteiger partial charge in [0.05, 0.1) is 5.75 Å². The van der Waals surface area contributed by atoms with Crippen LogP contribution < -0.4 is 4.72 Å². The number of hydrogen-bond acceptors (Lipinski definition) is 2. The third-order valence-electron chi connectivity index (χ3n) is 2.98. The maximum absolute atomic E-state index is 11.4. The van der Waals surface area contributed by atoms with Crippen molar-refractivity contribution in [3.05, 3.63) is 0 Å². The van der Waals surface area contributed by atoms with E-state index in [4.69, 9.17) is 11.6 Å². The van der Waals surface area contributed by atoms with Crippen LogP contribution in [0.1, 0.15) is 32.6 Å². The molecule has 0 radical (unpaired) electrons. The summed E-state index contributed by atoms with van der Waals surface area (Å²) in [7, 11) is -3.13. The topological polar surface area (TPSA) is 46.2 Å². The third kappa shape index (κ3) is 5.18. The van der Waals surface area contributed by atoms with E-state index in [1.54, 1.807) is 0 Å². The molecule has 1 rings (SSSR count). The Kier molecular flexibility index (Phi) is 5.36. The van der Waals surface area contributed by atoms with Crippen molar-refractivity contribution < 1.29 is 8.42 Å². The van der Waals surface area contributed by atoms with Crippen molar-refractivity contribution in [3.8, 4) is 0 Å². The maximum Gasteiger partial charge on any atom is 0.212 e. The van der Waals surface area contributed by atoms with Gasteiger partial charge in [0.2, 0.25) is 10.0 Å². The SMILES string of the molecule is CC1CCCC(CNS(=O)(=O)CCCl)C1. The Morgan fingerprint density at radius 3 is 2.73 bits per heavy atom. The predicted octanol–water partition coefficient (Wildman–Crippen LogP) is 1.97. The van der Waals surface area contributed by atoms with Gasteiger partial charge in [0.25, 0.3) is 0 Å². The Bertz CT molecular complexity index is 279. The molecule has 0 heterocycles. The number of sulfonamides is 1. The molecule has 0 aliphatic heterocycles. The van der Waals surface area contributed by atoms with Crippen molar-refractivity contribution >= 4 is 21.6 Å². The van der Waals surface area contributed by atoms with Crippen molar-refractivity contribution in [3.63, 3.8) is 0 Å². The van der Waals surface area contributed by atoms with Crippen molar-refractivity contribution in [1.29, 1.82) is 0 Å². The van der Waals surface area contributed by atoms with E-state index >= 15 is 0 Å². The van der Waals surface area contributed by atoms with Gasteiger partial charge in [-0.15, -0.1) is 11.6 Å². The van der Waals surface area contributed by atoms with Crippen LogP contribution in [0.3, 0.4) is 0 Å². The minimum Gasteiger partial charge on any atom is -0.215 e. The van der Waals surface area contributed by atoms with E-state index in [1.165, 1.54) is 12.8 Å². The molecule has 2 atom stereocenters. The van der Waals surface area contributed by atoms with Crippen molar-refractivity contribution in [1.82, 2.24) is 4.72 Å². The summed E-state index contributed by atoms with van der Waals surface area (Å²) in [4.78, 5) is 0. The van der Waals surface area contributed by atoms with Crippen molar-refractivity contribution in [2.24, 2.45) is 11.8 Å². The van der Waals surface area contributed by atoms with Gasteiger partial charge in [-0.25, -0.2) is 13.1 Å². The number of hydrogen-bond donors (Lipinski definition) is 1. The van der Waals surface area contributed by atoms with Crippen LogP contribution in [0.5, 0.6) is 0 Å². The highest BCUT2D eigenvalue weighted by molar-refractivity contribution is 7.89. The van der Waals surface area contributed by atoms with Gasteiger partial charge < -0.3 is 0 Å². The van der Waals surface area contributed by atoms with E-state index in [2.05, 4.69) is 11.6 Å². The average molecular weight is 254 g/mol. The standard InChI is InChI=1S/C10H20ClNO2S/c1-9-3-2-4-10(7-9)8-12-15(13,14)6-5-11/h9-10,12H,2-8H2,1H3. The molecule has 0 aromatic rings. The summed E-state index contributed by atoms with van der Waals surface area (Å²) in [6.45, 7) is 2.82. The van der Waals surface area contributed by atoms with E-state index < -0.39 is 10.0 Å². The molecule has 1 aliphatic carbocycles. The predicted molar refractivity (Wildman–Crippen MR) is 63.6 cm³/mol. The van der Waals surface area contributed by atoms with Crippen LogP contribution in [0.4, 0.5) is 0 Å². The van der Waals surface area contributed by atoms with Gasteiger partial charge in [0, 0.05) is 12.4 Å². The number of rotatable bonds is 5. The summed E-state index contributed by atoms with van der Waals surface area (Å²) in [6, 6.07) is 0. The third-order valence-corrected chi connectivity index (χ3v) is 4.74. The fourth-order valence-corrected chi connectivity index (χ4v) is 3.61. The summed E-state index contributed by atoms with van der Waals surface area (Å²) >= 11 is 5.41. The Balaban J connectivity index is 2.30. The fraction of sp³-hybridized carbons (Fsp3) is 1.00. The van der Waals surface area contributed by atoms with Gasteiger partial charge in [0.1, 0.15) is 0 Å². The molecule has 1 fully saturated rings. The molecule has 0 aromatic heterocycles. The number of halogens is 1. The fourth-order valence-electron chi connectivity index (χ4n) is 2.16. The Morgan fingerprint density at radius 2 is 2.13 bits per heavy atom. The van der Waals surface area contributed by atoms with Crippen molar-refractivity contribution in [2.75, 3.05) is 18.2 Å². The summed E-state index contributed by atoms with van der Waals surface area (Å²) < 4.78 is 25.4. The second-order valence-corrected chi connectivity index (χ2v) is 6.80. The lowest BCUT2D eigenvalue weighted by atomic mass is 9.83. The van der Waals surface area contributed by atoms with Gasteiger partial charge in [-0.3, -0.25) is 0 Å². The molecule has 0 saturated heterocycles. The summed E-state index contributed by atoms with van der Waals surface area (Å²) in [5.41, 5.74) is 0. The van der Waals surface area contributed by atoms with Crippen LogP contribution in [0.25, 0.3) is 0 Å². The van der Waals surface area contributed by atoms with E-state index in [-0.39, 0.29) is 11.6 Å². The monoisotopic (exact) mass is 253 g/mol. The van der Waals surface area contributed by atoms with Crippen LogP contribution in [0, 0.1) is 11.8 Å². The zero-order valence-electron chi connectivity index (χ0n) is 9.21. The van der Waals surface area contributed by atoms with Gasteiger partial charge >= 0.3 is 0 Å². The minimum absolute atomic E-state index is 0.0246. The molecule has 1 saturated carbocycles. The maximum atomic E-state index is 11.4. The number of alkyl halides is 1. The molecule has 90 valence electrons. The lowest BCUT2D eigenvalue weighted by Crippen LogP contribution is -2.33. The second kappa shape index (κ2) is 6.06. The molecule has 1 N–H and O–H groups in total. The van der Waals surface area contributed by atoms with Gasteiger partial charge in [-0.1, -0.05) is 19.8 Å². The van der Waals surface area contributed by atoms with Crippen LogP contribution in [-0.2, 0) is 10.0 Å². The summed E-state index contributed by atoms with van der Waals surface area (Å²) in [6.07, 6.45) is 4.80. The lowest BCUT2D eigenvalue weighted by Gasteiger charge is -2.26. The highest BCUT2D eigenvalue weighted by Crippen LogP contribution is 2.27. The quantitative estimate of drug-likeness (QED) is 0.762. The highest BCUT2D eigenvalue weighted by Gasteiger charge is 2.20. The van der Waals surface area contributed by atoms with Gasteiger partial charge in [-0.2, -0.15) is 0 Å². The first kappa shape index (κ1) is 13.3. The first-order chi connectivity index (χ1) is 7.03. The molecule has 0 aromatic carbocycles. The van der Waals surface area contributed by atoms with Crippen LogP contribution in [0.15, 0.2) is 0 Å². The molecule has 5 heteroatoms. The normalized spacial score (nSPS) is 27.9. The average Bonchev–Trinajstić information content (AvgIpc) is 2.15. The molecule has 3 nitrogen and oxygen atoms in total. The van der Waals surface area contributed by atoms with Gasteiger partial charge in [0.15, 0.2) is 0 Å². The Labute approximate surface area is 97.6 Å². The molecule has 1 aliphatic rings. The van der Waals surface area contributed by atoms with Gasteiger partial charge in [-0.05, 0) is 24.7 Å². The molecule has 0 bridgehead atoms. The van der Waals surface area contributed by atoms with E-state index in [9.17, 15) is 8.42 Å². The zero-order valence-corrected chi connectivity index (χ0v) is 10.8. The Hall–Kier alpha value is 0.200. The smallest absolute Gasteiger partial charge is 0.212 e. The molecule has 0 amide bonds. The minimum atomic E-state index is -3.13. The highest BCUT2D eigenvalue weighted by atomic mass is 35.5. The molecular weight excluding hydrogens is 234 g/mol.